The number of nitrogens with zero attached hydrogens (tertiary/aromatic N) is 3. The van der Waals surface area contributed by atoms with Crippen LogP contribution in [0.5, 0.6) is 0 Å². The standard InChI is InChI=1S/C50H33N3/c1-3-11-37(12-4-1)46-33-47(52-50(51-46)39-13-5-2-6-14-39)38-23-19-34(20-24-38)40-25-21-36-22-26-41(32-42(36)31-40)35-27-29-43(30-28-35)53-48-17-9-7-15-44(48)45-16-8-10-18-49(45)53/h1-33H. The van der Waals surface area contributed by atoms with Crippen molar-refractivity contribution in [2.24, 2.45) is 0 Å². The molecule has 0 atom stereocenters. The lowest BCUT2D eigenvalue weighted by molar-refractivity contribution is 1.18. The molecular weight excluding hydrogens is 643 g/mol. The molecule has 0 fully saturated rings. The largest absolute Gasteiger partial charge is 0.309 e. The van der Waals surface area contributed by atoms with E-state index in [9.17, 15) is 0 Å². The summed E-state index contributed by atoms with van der Waals surface area (Å²) in [6.07, 6.45) is 0. The first-order valence-corrected chi connectivity index (χ1v) is 18.0. The van der Waals surface area contributed by atoms with Crippen LogP contribution in [0, 0.1) is 0 Å². The van der Waals surface area contributed by atoms with Gasteiger partial charge in [-0.05, 0) is 75.5 Å². The molecule has 0 unspecified atom stereocenters. The van der Waals surface area contributed by atoms with Crippen LogP contribution in [0.3, 0.4) is 0 Å². The van der Waals surface area contributed by atoms with E-state index in [2.05, 4.69) is 168 Å². The molecule has 2 aromatic heterocycles. The van der Waals surface area contributed by atoms with Gasteiger partial charge in [-0.2, -0.15) is 0 Å². The molecule has 10 rings (SSSR count). The fraction of sp³-hybridized carbons (Fsp3) is 0. The Balaban J connectivity index is 0.963. The van der Waals surface area contributed by atoms with Gasteiger partial charge >= 0.3 is 0 Å². The molecule has 0 aliphatic carbocycles. The lowest BCUT2D eigenvalue weighted by atomic mass is 9.96. The van der Waals surface area contributed by atoms with Gasteiger partial charge in [-0.3, -0.25) is 0 Å². The van der Waals surface area contributed by atoms with E-state index in [0.717, 1.165) is 45.2 Å². The van der Waals surface area contributed by atoms with Crippen LogP contribution in [0.2, 0.25) is 0 Å². The highest BCUT2D eigenvalue weighted by molar-refractivity contribution is 6.09. The zero-order chi connectivity index (χ0) is 35.1. The maximum Gasteiger partial charge on any atom is 0.160 e. The van der Waals surface area contributed by atoms with Crippen molar-refractivity contribution in [3.8, 4) is 61.8 Å². The van der Waals surface area contributed by atoms with Crippen LogP contribution in [0.1, 0.15) is 0 Å². The van der Waals surface area contributed by atoms with Crippen LogP contribution in [-0.4, -0.2) is 14.5 Å². The van der Waals surface area contributed by atoms with Gasteiger partial charge < -0.3 is 4.57 Å². The van der Waals surface area contributed by atoms with Crippen molar-refractivity contribution >= 4 is 32.6 Å². The predicted molar refractivity (Wildman–Crippen MR) is 221 cm³/mol. The van der Waals surface area contributed by atoms with Crippen molar-refractivity contribution in [3.05, 3.63) is 200 Å². The Bertz CT molecular complexity index is 2800. The highest BCUT2D eigenvalue weighted by Gasteiger charge is 2.13. The minimum Gasteiger partial charge on any atom is -0.309 e. The van der Waals surface area contributed by atoms with Crippen molar-refractivity contribution in [3.63, 3.8) is 0 Å². The van der Waals surface area contributed by atoms with E-state index >= 15 is 0 Å². The van der Waals surface area contributed by atoms with Crippen molar-refractivity contribution < 1.29 is 0 Å². The molecule has 0 N–H and O–H groups in total. The first-order chi connectivity index (χ1) is 26.2. The summed E-state index contributed by atoms with van der Waals surface area (Å²) in [5.41, 5.74) is 13.3. The van der Waals surface area contributed by atoms with Gasteiger partial charge in [-0.25, -0.2) is 9.97 Å². The van der Waals surface area contributed by atoms with Gasteiger partial charge in [0, 0.05) is 33.2 Å². The maximum absolute atomic E-state index is 5.02. The van der Waals surface area contributed by atoms with E-state index in [1.807, 2.05) is 36.4 Å². The lowest BCUT2D eigenvalue weighted by Gasteiger charge is -2.11. The van der Waals surface area contributed by atoms with E-state index in [1.54, 1.807) is 0 Å². The van der Waals surface area contributed by atoms with Gasteiger partial charge in [-0.1, -0.05) is 158 Å². The minimum atomic E-state index is 0.720. The molecule has 0 radical (unpaired) electrons. The topological polar surface area (TPSA) is 30.7 Å². The molecule has 0 bridgehead atoms. The third-order valence-corrected chi connectivity index (χ3v) is 10.2. The van der Waals surface area contributed by atoms with Crippen molar-refractivity contribution in [2.75, 3.05) is 0 Å². The molecule has 0 aliphatic rings. The first-order valence-electron chi connectivity index (χ1n) is 18.0. The molecule has 3 nitrogen and oxygen atoms in total. The Hall–Kier alpha value is -7.10. The second kappa shape index (κ2) is 12.9. The molecule has 0 aliphatic heterocycles. The normalized spacial score (nSPS) is 11.4. The fourth-order valence-corrected chi connectivity index (χ4v) is 7.51. The highest BCUT2D eigenvalue weighted by Crippen LogP contribution is 2.34. The van der Waals surface area contributed by atoms with E-state index in [0.29, 0.717) is 0 Å². The molecule has 8 aromatic carbocycles. The van der Waals surface area contributed by atoms with Crippen molar-refractivity contribution in [1.29, 1.82) is 0 Å². The zero-order valence-corrected chi connectivity index (χ0v) is 28.9. The average Bonchev–Trinajstić information content (AvgIpc) is 3.58. The summed E-state index contributed by atoms with van der Waals surface area (Å²) >= 11 is 0. The zero-order valence-electron chi connectivity index (χ0n) is 28.9. The monoisotopic (exact) mass is 675 g/mol. The number of benzene rings is 8. The quantitative estimate of drug-likeness (QED) is 0.176. The van der Waals surface area contributed by atoms with E-state index in [-0.39, 0.29) is 0 Å². The van der Waals surface area contributed by atoms with Crippen LogP contribution in [0.4, 0.5) is 0 Å². The van der Waals surface area contributed by atoms with Gasteiger partial charge in [0.15, 0.2) is 5.82 Å². The second-order valence-electron chi connectivity index (χ2n) is 13.5. The van der Waals surface area contributed by atoms with Crippen LogP contribution in [0.25, 0.3) is 94.4 Å². The Morgan fingerprint density at radius 3 is 1.30 bits per heavy atom. The van der Waals surface area contributed by atoms with E-state index in [1.165, 1.54) is 49.3 Å². The molecule has 248 valence electrons. The van der Waals surface area contributed by atoms with E-state index in [4.69, 9.17) is 9.97 Å². The number of rotatable bonds is 6. The lowest BCUT2D eigenvalue weighted by Crippen LogP contribution is -1.95. The van der Waals surface area contributed by atoms with Crippen LogP contribution in [0.15, 0.2) is 200 Å². The molecule has 53 heavy (non-hydrogen) atoms. The summed E-state index contributed by atoms with van der Waals surface area (Å²) in [6.45, 7) is 0. The Morgan fingerprint density at radius 1 is 0.302 bits per heavy atom. The van der Waals surface area contributed by atoms with Crippen molar-refractivity contribution in [2.45, 2.75) is 0 Å². The SMILES string of the molecule is c1ccc(-c2cc(-c3ccc(-c4ccc5ccc(-c6ccc(-n7c8ccccc8c8ccccc87)cc6)cc5c4)cc3)nc(-c3ccccc3)n2)cc1. The van der Waals surface area contributed by atoms with Gasteiger partial charge in [-0.15, -0.1) is 0 Å². The van der Waals surface area contributed by atoms with Crippen molar-refractivity contribution in [1.82, 2.24) is 14.5 Å². The molecule has 3 heteroatoms. The molecule has 0 spiro atoms. The van der Waals surface area contributed by atoms with Gasteiger partial charge in [0.2, 0.25) is 0 Å². The highest BCUT2D eigenvalue weighted by atomic mass is 15.0. The molecule has 10 aromatic rings. The number of hydrogen-bond donors (Lipinski definition) is 0. The van der Waals surface area contributed by atoms with E-state index < -0.39 is 0 Å². The maximum atomic E-state index is 5.02. The number of fused-ring (bicyclic) bond motifs is 4. The summed E-state index contributed by atoms with van der Waals surface area (Å²) in [7, 11) is 0. The van der Waals surface area contributed by atoms with Crippen LogP contribution in [-0.2, 0) is 0 Å². The summed E-state index contributed by atoms with van der Waals surface area (Å²) < 4.78 is 2.36. The predicted octanol–water partition coefficient (Wildman–Crippen LogP) is 13.1. The fourth-order valence-electron chi connectivity index (χ4n) is 7.51. The minimum absolute atomic E-state index is 0.720. The number of para-hydroxylation sites is 2. The van der Waals surface area contributed by atoms with Gasteiger partial charge in [0.25, 0.3) is 0 Å². The molecule has 0 amide bonds. The van der Waals surface area contributed by atoms with Crippen LogP contribution >= 0.6 is 0 Å². The Morgan fingerprint density at radius 2 is 0.736 bits per heavy atom. The third kappa shape index (κ3) is 5.65. The summed E-state index contributed by atoms with van der Waals surface area (Å²) in [5.74, 6) is 0.720. The molecule has 2 heterocycles. The third-order valence-electron chi connectivity index (χ3n) is 10.2. The first kappa shape index (κ1) is 30.7. The Kier molecular flexibility index (Phi) is 7.47. The Labute approximate surface area is 308 Å². The second-order valence-corrected chi connectivity index (χ2v) is 13.5. The molecule has 0 saturated carbocycles. The molecule has 0 saturated heterocycles. The summed E-state index contributed by atoms with van der Waals surface area (Å²) in [5, 5.41) is 4.98. The average molecular weight is 676 g/mol. The van der Waals surface area contributed by atoms with Crippen LogP contribution < -0.4 is 0 Å². The number of aromatic nitrogens is 3. The van der Waals surface area contributed by atoms with Gasteiger partial charge in [0.1, 0.15) is 0 Å². The number of hydrogen-bond acceptors (Lipinski definition) is 2. The molecular formula is C50H33N3. The van der Waals surface area contributed by atoms with Gasteiger partial charge in [0.05, 0.1) is 22.4 Å². The smallest absolute Gasteiger partial charge is 0.160 e. The summed E-state index contributed by atoms with van der Waals surface area (Å²) in [4.78, 5) is 9.96. The summed E-state index contributed by atoms with van der Waals surface area (Å²) in [6, 6.07) is 71.0.